The summed E-state index contributed by atoms with van der Waals surface area (Å²) in [6.07, 6.45) is 0. The van der Waals surface area contributed by atoms with Gasteiger partial charge in [0.05, 0.1) is 4.90 Å². The SMILES string of the molecule is Cc1ccc(C)c(CN2CCN(S(=O)(=O)c3ccc4c(c3)OCCO4)CC2)c1. The number of fused-ring (bicyclic) bond motifs is 1. The van der Waals surface area contributed by atoms with Crippen LogP contribution >= 0.6 is 0 Å². The lowest BCUT2D eigenvalue weighted by Crippen LogP contribution is -2.48. The van der Waals surface area contributed by atoms with Crippen LogP contribution in [0, 0.1) is 13.8 Å². The van der Waals surface area contributed by atoms with Crippen LogP contribution in [-0.4, -0.2) is 57.0 Å². The van der Waals surface area contributed by atoms with Gasteiger partial charge in [0, 0.05) is 38.8 Å². The summed E-state index contributed by atoms with van der Waals surface area (Å²) in [5.74, 6) is 1.10. The molecule has 0 aliphatic carbocycles. The van der Waals surface area contributed by atoms with Crippen molar-refractivity contribution in [1.29, 1.82) is 0 Å². The molecular formula is C21H26N2O4S. The number of hydrogen-bond donors (Lipinski definition) is 0. The molecule has 7 heteroatoms. The van der Waals surface area contributed by atoms with Gasteiger partial charge in [0.2, 0.25) is 10.0 Å². The van der Waals surface area contributed by atoms with E-state index < -0.39 is 10.0 Å². The Morgan fingerprint density at radius 3 is 2.36 bits per heavy atom. The molecule has 6 nitrogen and oxygen atoms in total. The quantitative estimate of drug-likeness (QED) is 0.787. The second-order valence-electron chi connectivity index (χ2n) is 7.42. The molecule has 2 heterocycles. The molecule has 4 rings (SSSR count). The van der Waals surface area contributed by atoms with E-state index in [4.69, 9.17) is 9.47 Å². The Bertz CT molecular complexity index is 966. The van der Waals surface area contributed by atoms with Gasteiger partial charge in [-0.3, -0.25) is 4.90 Å². The van der Waals surface area contributed by atoms with Gasteiger partial charge in [-0.05, 0) is 37.1 Å². The molecule has 1 fully saturated rings. The maximum Gasteiger partial charge on any atom is 0.243 e. The molecule has 0 radical (unpaired) electrons. The van der Waals surface area contributed by atoms with E-state index in [1.165, 1.54) is 16.7 Å². The van der Waals surface area contributed by atoms with E-state index in [1.54, 1.807) is 22.5 Å². The average molecular weight is 403 g/mol. The van der Waals surface area contributed by atoms with Crippen LogP contribution in [0.1, 0.15) is 16.7 Å². The summed E-state index contributed by atoms with van der Waals surface area (Å²) in [6.45, 7) is 8.41. The number of benzene rings is 2. The summed E-state index contributed by atoms with van der Waals surface area (Å²) >= 11 is 0. The third kappa shape index (κ3) is 3.87. The van der Waals surface area contributed by atoms with Gasteiger partial charge >= 0.3 is 0 Å². The van der Waals surface area contributed by atoms with Crippen LogP contribution in [0.15, 0.2) is 41.3 Å². The molecule has 0 bridgehead atoms. The highest BCUT2D eigenvalue weighted by Crippen LogP contribution is 2.33. The minimum atomic E-state index is -3.54. The average Bonchev–Trinajstić information content (AvgIpc) is 2.71. The molecule has 150 valence electrons. The maximum atomic E-state index is 13.0. The summed E-state index contributed by atoms with van der Waals surface area (Å²) in [4.78, 5) is 2.58. The summed E-state index contributed by atoms with van der Waals surface area (Å²) < 4.78 is 38.7. The summed E-state index contributed by atoms with van der Waals surface area (Å²) in [7, 11) is -3.54. The fourth-order valence-corrected chi connectivity index (χ4v) is 5.11. The fraction of sp³-hybridized carbons (Fsp3) is 0.429. The van der Waals surface area contributed by atoms with Crippen LogP contribution in [0.2, 0.25) is 0 Å². The van der Waals surface area contributed by atoms with Crippen LogP contribution in [0.25, 0.3) is 0 Å². The van der Waals surface area contributed by atoms with Gasteiger partial charge in [-0.1, -0.05) is 23.8 Å². The zero-order chi connectivity index (χ0) is 19.7. The predicted molar refractivity (Wildman–Crippen MR) is 107 cm³/mol. The van der Waals surface area contributed by atoms with Crippen molar-refractivity contribution in [3.05, 3.63) is 53.1 Å². The highest BCUT2D eigenvalue weighted by molar-refractivity contribution is 7.89. The summed E-state index contributed by atoms with van der Waals surface area (Å²) in [5, 5.41) is 0. The lowest BCUT2D eigenvalue weighted by atomic mass is 10.1. The topological polar surface area (TPSA) is 59.1 Å². The number of nitrogens with zero attached hydrogens (tertiary/aromatic N) is 2. The standard InChI is InChI=1S/C21H26N2O4S/c1-16-3-4-17(2)18(13-16)15-22-7-9-23(10-8-22)28(24,25)19-5-6-20-21(14-19)27-12-11-26-20/h3-6,13-14H,7-12,15H2,1-2H3. The third-order valence-electron chi connectivity index (χ3n) is 5.38. The zero-order valence-corrected chi connectivity index (χ0v) is 17.2. The van der Waals surface area contributed by atoms with Gasteiger partial charge in [0.1, 0.15) is 13.2 Å². The molecule has 2 aromatic carbocycles. The molecule has 0 saturated carbocycles. The van der Waals surface area contributed by atoms with Crippen molar-refractivity contribution in [3.8, 4) is 11.5 Å². The molecule has 0 N–H and O–H groups in total. The first-order chi connectivity index (χ1) is 13.4. The fourth-order valence-electron chi connectivity index (χ4n) is 3.67. The Hall–Kier alpha value is -2.09. The zero-order valence-electron chi connectivity index (χ0n) is 16.3. The van der Waals surface area contributed by atoms with Crippen LogP contribution in [0.4, 0.5) is 0 Å². The largest absolute Gasteiger partial charge is 0.486 e. The Balaban J connectivity index is 1.43. The van der Waals surface area contributed by atoms with Crippen LogP contribution in [-0.2, 0) is 16.6 Å². The van der Waals surface area contributed by atoms with E-state index >= 15 is 0 Å². The minimum absolute atomic E-state index is 0.264. The van der Waals surface area contributed by atoms with Crippen molar-refractivity contribution in [2.75, 3.05) is 39.4 Å². The minimum Gasteiger partial charge on any atom is -0.486 e. The smallest absolute Gasteiger partial charge is 0.243 e. The van der Waals surface area contributed by atoms with Gasteiger partial charge in [-0.2, -0.15) is 4.31 Å². The monoisotopic (exact) mass is 402 g/mol. The lowest BCUT2D eigenvalue weighted by Gasteiger charge is -2.34. The summed E-state index contributed by atoms with van der Waals surface area (Å²) in [6, 6.07) is 11.3. The molecule has 0 amide bonds. The Morgan fingerprint density at radius 2 is 1.61 bits per heavy atom. The number of aryl methyl sites for hydroxylation is 2. The first kappa shape index (κ1) is 19.2. The Kier molecular flexibility index (Phi) is 5.31. The van der Waals surface area contributed by atoms with Crippen LogP contribution in [0.3, 0.4) is 0 Å². The first-order valence-electron chi connectivity index (χ1n) is 9.62. The van der Waals surface area contributed by atoms with Crippen LogP contribution in [0.5, 0.6) is 11.5 Å². The maximum absolute atomic E-state index is 13.0. The van der Waals surface area contributed by atoms with E-state index in [1.807, 2.05) is 0 Å². The van der Waals surface area contributed by atoms with Gasteiger partial charge in [-0.25, -0.2) is 8.42 Å². The molecule has 1 saturated heterocycles. The highest BCUT2D eigenvalue weighted by atomic mass is 32.2. The summed E-state index contributed by atoms with van der Waals surface area (Å²) in [5.41, 5.74) is 3.83. The number of rotatable bonds is 4. The van der Waals surface area contributed by atoms with Gasteiger partial charge in [0.25, 0.3) is 0 Å². The van der Waals surface area contributed by atoms with Gasteiger partial charge < -0.3 is 9.47 Å². The van der Waals surface area contributed by atoms with E-state index in [0.29, 0.717) is 37.8 Å². The van der Waals surface area contributed by atoms with Crippen molar-refractivity contribution in [1.82, 2.24) is 9.21 Å². The van der Waals surface area contributed by atoms with E-state index in [-0.39, 0.29) is 4.90 Å². The molecule has 0 aromatic heterocycles. The normalized spacial score (nSPS) is 18.2. The lowest BCUT2D eigenvalue weighted by molar-refractivity contribution is 0.170. The predicted octanol–water partition coefficient (Wildman–Crippen LogP) is 2.58. The molecule has 2 aliphatic heterocycles. The van der Waals surface area contributed by atoms with E-state index in [0.717, 1.165) is 19.6 Å². The second-order valence-corrected chi connectivity index (χ2v) is 9.35. The van der Waals surface area contributed by atoms with Crippen molar-refractivity contribution in [2.45, 2.75) is 25.3 Å². The second kappa shape index (κ2) is 7.73. The molecule has 0 unspecified atom stereocenters. The van der Waals surface area contributed by atoms with Crippen molar-refractivity contribution >= 4 is 10.0 Å². The number of hydrogen-bond acceptors (Lipinski definition) is 5. The first-order valence-corrected chi connectivity index (χ1v) is 11.1. The molecule has 0 spiro atoms. The molecule has 2 aromatic rings. The number of piperazine rings is 1. The Labute approximate surface area is 166 Å². The van der Waals surface area contributed by atoms with Gasteiger partial charge in [-0.15, -0.1) is 0 Å². The molecule has 0 atom stereocenters. The molecule has 28 heavy (non-hydrogen) atoms. The van der Waals surface area contributed by atoms with Crippen LogP contribution < -0.4 is 9.47 Å². The highest BCUT2D eigenvalue weighted by Gasteiger charge is 2.29. The third-order valence-corrected chi connectivity index (χ3v) is 7.28. The number of ether oxygens (including phenoxy) is 2. The van der Waals surface area contributed by atoms with E-state index in [2.05, 4.69) is 36.9 Å². The Morgan fingerprint density at radius 1 is 0.893 bits per heavy atom. The number of sulfonamides is 1. The van der Waals surface area contributed by atoms with Gasteiger partial charge in [0.15, 0.2) is 11.5 Å². The van der Waals surface area contributed by atoms with Crippen molar-refractivity contribution < 1.29 is 17.9 Å². The molecule has 2 aliphatic rings. The van der Waals surface area contributed by atoms with Crippen molar-refractivity contribution in [2.24, 2.45) is 0 Å². The van der Waals surface area contributed by atoms with Crippen molar-refractivity contribution in [3.63, 3.8) is 0 Å². The van der Waals surface area contributed by atoms with E-state index in [9.17, 15) is 8.42 Å². The molecular weight excluding hydrogens is 376 g/mol.